The molecule has 5 nitrogen and oxygen atoms in total. The first-order valence-corrected chi connectivity index (χ1v) is 7.93. The lowest BCUT2D eigenvalue weighted by Crippen LogP contribution is -2.32. The van der Waals surface area contributed by atoms with Crippen molar-refractivity contribution in [3.05, 3.63) is 35.9 Å². The summed E-state index contributed by atoms with van der Waals surface area (Å²) in [6.07, 6.45) is 2.64. The fraction of sp³-hybridized carbons (Fsp3) is 0.529. The number of hydrogen-bond acceptors (Lipinski definition) is 4. The molecule has 0 aliphatic carbocycles. The van der Waals surface area contributed by atoms with Crippen LogP contribution < -0.4 is 10.6 Å². The molecule has 2 rings (SSSR count). The third-order valence-electron chi connectivity index (χ3n) is 3.88. The number of ketones is 1. The molecule has 0 spiro atoms. The number of alkyl carbamates (subject to hydrolysis) is 1. The highest BCUT2D eigenvalue weighted by Gasteiger charge is 2.20. The fourth-order valence-electron chi connectivity index (χ4n) is 2.58. The van der Waals surface area contributed by atoms with Crippen LogP contribution in [-0.2, 0) is 16.1 Å². The third-order valence-corrected chi connectivity index (χ3v) is 3.88. The number of rotatable bonds is 7. The van der Waals surface area contributed by atoms with Crippen molar-refractivity contribution in [3.63, 3.8) is 0 Å². The number of ether oxygens (including phenoxy) is 1. The number of hydrogen-bond donors (Lipinski definition) is 2. The summed E-state index contributed by atoms with van der Waals surface area (Å²) >= 11 is 0. The van der Waals surface area contributed by atoms with Gasteiger partial charge in [0.1, 0.15) is 12.4 Å². The van der Waals surface area contributed by atoms with Crippen LogP contribution in [0, 0.1) is 5.92 Å². The zero-order chi connectivity index (χ0) is 15.6. The molecule has 1 saturated heterocycles. The van der Waals surface area contributed by atoms with E-state index in [9.17, 15) is 9.59 Å². The minimum Gasteiger partial charge on any atom is -0.445 e. The maximum atomic E-state index is 12.0. The highest BCUT2D eigenvalue weighted by molar-refractivity contribution is 5.81. The number of carbonyl (C=O) groups excluding carboxylic acids is 2. The average molecular weight is 304 g/mol. The molecule has 1 aromatic carbocycles. The van der Waals surface area contributed by atoms with Crippen LogP contribution in [0.15, 0.2) is 30.3 Å². The standard InChI is InChI=1S/C17H24N2O3/c20-16(15-8-11-18-12-9-15)7-4-10-19-17(21)22-13-14-5-2-1-3-6-14/h1-3,5-6,15,18H,4,7-13H2,(H,19,21). The van der Waals surface area contributed by atoms with Crippen molar-refractivity contribution < 1.29 is 14.3 Å². The molecule has 1 aliphatic rings. The van der Waals surface area contributed by atoms with Crippen LogP contribution >= 0.6 is 0 Å². The molecule has 0 radical (unpaired) electrons. The molecule has 1 aliphatic heterocycles. The van der Waals surface area contributed by atoms with Gasteiger partial charge in [0.2, 0.25) is 0 Å². The van der Waals surface area contributed by atoms with E-state index in [0.29, 0.717) is 25.2 Å². The SMILES string of the molecule is O=C(NCCCC(=O)C1CCNCC1)OCc1ccccc1. The molecule has 1 fully saturated rings. The predicted octanol–water partition coefficient (Wildman–Crippen LogP) is 2.26. The van der Waals surface area contributed by atoms with Gasteiger partial charge in [-0.2, -0.15) is 0 Å². The zero-order valence-corrected chi connectivity index (χ0v) is 12.8. The van der Waals surface area contributed by atoms with Crippen molar-refractivity contribution in [2.24, 2.45) is 5.92 Å². The molecule has 1 amide bonds. The van der Waals surface area contributed by atoms with Gasteiger partial charge < -0.3 is 15.4 Å². The summed E-state index contributed by atoms with van der Waals surface area (Å²) in [6, 6.07) is 9.55. The molecule has 0 unspecified atom stereocenters. The van der Waals surface area contributed by atoms with Crippen LogP contribution in [0.3, 0.4) is 0 Å². The van der Waals surface area contributed by atoms with Crippen molar-refractivity contribution >= 4 is 11.9 Å². The van der Waals surface area contributed by atoms with Crippen molar-refractivity contribution in [1.82, 2.24) is 10.6 Å². The topological polar surface area (TPSA) is 67.4 Å². The van der Waals surface area contributed by atoms with E-state index in [2.05, 4.69) is 10.6 Å². The molecular weight excluding hydrogens is 280 g/mol. The zero-order valence-electron chi connectivity index (χ0n) is 12.8. The van der Waals surface area contributed by atoms with Gasteiger partial charge >= 0.3 is 6.09 Å². The van der Waals surface area contributed by atoms with Gasteiger partial charge in [0.25, 0.3) is 0 Å². The van der Waals surface area contributed by atoms with Gasteiger partial charge in [-0.3, -0.25) is 4.79 Å². The highest BCUT2D eigenvalue weighted by atomic mass is 16.5. The van der Waals surface area contributed by atoms with Gasteiger partial charge in [0.15, 0.2) is 0 Å². The quantitative estimate of drug-likeness (QED) is 0.758. The van der Waals surface area contributed by atoms with Gasteiger partial charge in [-0.15, -0.1) is 0 Å². The lowest BCUT2D eigenvalue weighted by atomic mass is 9.91. The number of nitrogens with one attached hydrogen (secondary N) is 2. The van der Waals surface area contributed by atoms with Crippen LogP contribution in [0.1, 0.15) is 31.2 Å². The second-order valence-corrected chi connectivity index (χ2v) is 5.58. The van der Waals surface area contributed by atoms with Crippen LogP contribution in [0.2, 0.25) is 0 Å². The highest BCUT2D eigenvalue weighted by Crippen LogP contribution is 2.15. The van der Waals surface area contributed by atoms with E-state index < -0.39 is 6.09 Å². The minimum absolute atomic E-state index is 0.200. The maximum Gasteiger partial charge on any atom is 0.407 e. The summed E-state index contributed by atoms with van der Waals surface area (Å²) in [5.41, 5.74) is 0.957. The molecule has 1 aromatic rings. The Labute approximate surface area is 131 Å². The Morgan fingerprint density at radius 3 is 2.64 bits per heavy atom. The summed E-state index contributed by atoms with van der Waals surface area (Å²) in [5.74, 6) is 0.521. The lowest BCUT2D eigenvalue weighted by Gasteiger charge is -2.21. The first-order valence-electron chi connectivity index (χ1n) is 7.93. The number of piperidine rings is 1. The normalized spacial score (nSPS) is 15.3. The Bertz CT molecular complexity index is 470. The first-order chi connectivity index (χ1) is 10.8. The molecule has 5 heteroatoms. The Morgan fingerprint density at radius 1 is 1.18 bits per heavy atom. The van der Waals surface area contributed by atoms with E-state index in [1.807, 2.05) is 30.3 Å². The van der Waals surface area contributed by atoms with E-state index in [1.165, 1.54) is 0 Å². The number of benzene rings is 1. The van der Waals surface area contributed by atoms with Crippen molar-refractivity contribution in [2.75, 3.05) is 19.6 Å². The molecule has 0 bridgehead atoms. The third kappa shape index (κ3) is 5.85. The Morgan fingerprint density at radius 2 is 1.91 bits per heavy atom. The second kappa shape index (κ2) is 9.20. The second-order valence-electron chi connectivity index (χ2n) is 5.58. The summed E-state index contributed by atoms with van der Waals surface area (Å²) in [6.45, 7) is 2.60. The molecular formula is C17H24N2O3. The predicted molar refractivity (Wildman–Crippen MR) is 84.5 cm³/mol. The first kappa shape index (κ1) is 16.5. The summed E-state index contributed by atoms with van der Waals surface area (Å²) < 4.78 is 5.11. The van der Waals surface area contributed by atoms with Gasteiger partial charge in [-0.25, -0.2) is 4.79 Å². The molecule has 1 heterocycles. The van der Waals surface area contributed by atoms with Crippen LogP contribution in [0.4, 0.5) is 4.79 Å². The number of Topliss-reactive ketones (excluding diaryl/α,β-unsaturated/α-hetero) is 1. The molecule has 0 saturated carbocycles. The smallest absolute Gasteiger partial charge is 0.407 e. The summed E-state index contributed by atoms with van der Waals surface area (Å²) in [7, 11) is 0. The van der Waals surface area contributed by atoms with Gasteiger partial charge in [-0.1, -0.05) is 30.3 Å². The molecule has 0 aromatic heterocycles. The number of amides is 1. The van der Waals surface area contributed by atoms with Crippen molar-refractivity contribution in [1.29, 1.82) is 0 Å². The average Bonchev–Trinajstić information content (AvgIpc) is 2.58. The molecule has 0 atom stereocenters. The molecule has 120 valence electrons. The summed E-state index contributed by atoms with van der Waals surface area (Å²) in [4.78, 5) is 23.5. The van der Waals surface area contributed by atoms with Gasteiger partial charge in [0.05, 0.1) is 0 Å². The minimum atomic E-state index is -0.432. The van der Waals surface area contributed by atoms with E-state index in [0.717, 1.165) is 31.5 Å². The molecule has 2 N–H and O–H groups in total. The monoisotopic (exact) mass is 304 g/mol. The van der Waals surface area contributed by atoms with Gasteiger partial charge in [-0.05, 0) is 37.9 Å². The van der Waals surface area contributed by atoms with E-state index >= 15 is 0 Å². The van der Waals surface area contributed by atoms with E-state index in [1.54, 1.807) is 0 Å². The van der Waals surface area contributed by atoms with Crippen LogP contribution in [0.25, 0.3) is 0 Å². The lowest BCUT2D eigenvalue weighted by molar-refractivity contribution is -0.123. The van der Waals surface area contributed by atoms with Crippen LogP contribution in [0.5, 0.6) is 0 Å². The Hall–Kier alpha value is -1.88. The Balaban J connectivity index is 1.54. The Kier molecular flexibility index (Phi) is 6.90. The van der Waals surface area contributed by atoms with Crippen molar-refractivity contribution in [2.45, 2.75) is 32.3 Å². The van der Waals surface area contributed by atoms with Crippen molar-refractivity contribution in [3.8, 4) is 0 Å². The fourth-order valence-corrected chi connectivity index (χ4v) is 2.58. The molecule has 22 heavy (non-hydrogen) atoms. The summed E-state index contributed by atoms with van der Waals surface area (Å²) in [5, 5.41) is 5.94. The number of carbonyl (C=O) groups is 2. The van der Waals surface area contributed by atoms with E-state index in [4.69, 9.17) is 4.74 Å². The van der Waals surface area contributed by atoms with Crippen LogP contribution in [-0.4, -0.2) is 31.5 Å². The van der Waals surface area contributed by atoms with E-state index in [-0.39, 0.29) is 12.5 Å². The largest absolute Gasteiger partial charge is 0.445 e. The maximum absolute atomic E-state index is 12.0. The van der Waals surface area contributed by atoms with Gasteiger partial charge in [0, 0.05) is 18.9 Å².